The van der Waals surface area contributed by atoms with Gasteiger partial charge in [0.2, 0.25) is 10.9 Å². The van der Waals surface area contributed by atoms with Crippen molar-refractivity contribution in [3.63, 3.8) is 0 Å². The van der Waals surface area contributed by atoms with Crippen molar-refractivity contribution in [3.05, 3.63) is 180 Å². The van der Waals surface area contributed by atoms with Gasteiger partial charge in [-0.2, -0.15) is 0 Å². The number of H-pyrrole nitrogens is 1. The van der Waals surface area contributed by atoms with Crippen molar-refractivity contribution in [1.82, 2.24) is 14.7 Å². The first kappa shape index (κ1) is 32.8. The Morgan fingerprint density at radius 2 is 1.24 bits per heavy atom. The summed E-state index contributed by atoms with van der Waals surface area (Å²) < 4.78 is 7.03. The number of nitrogens with one attached hydrogen (secondary N) is 1. The molecular weight excluding hydrogens is 614 g/mol. The van der Waals surface area contributed by atoms with Crippen molar-refractivity contribution < 1.29 is 14.1 Å². The standard InChI is InChI=1S/C23H20N2O3.C18H15NO2/c1-14-8-9-17(10-15(14)2)22(26)20-13-25(12-18-11-16(3)28-24-18)21-7-5-4-6-19(21)23(20)27;1-11-7-8-13(9-12(11)2)17(20)15-10-19-16-6-4-3-5-14(16)18(15)21/h4-11,13H,12H2,1-3H3;3-10H,1-2H3,(H,19,21). The Labute approximate surface area is 282 Å². The van der Waals surface area contributed by atoms with E-state index in [9.17, 15) is 19.2 Å². The smallest absolute Gasteiger partial charge is 0.200 e. The summed E-state index contributed by atoms with van der Waals surface area (Å²) in [5, 5.41) is 5.08. The third kappa shape index (κ3) is 6.67. The quantitative estimate of drug-likeness (QED) is 0.186. The molecule has 7 rings (SSSR count). The molecule has 0 bridgehead atoms. The van der Waals surface area contributed by atoms with E-state index in [1.165, 1.54) is 6.20 Å². The molecule has 1 N–H and O–H groups in total. The van der Waals surface area contributed by atoms with Crippen LogP contribution in [0.25, 0.3) is 21.8 Å². The third-order valence-electron chi connectivity index (χ3n) is 8.81. The number of carbonyl (C=O) groups excluding carboxylic acids is 2. The van der Waals surface area contributed by atoms with E-state index < -0.39 is 0 Å². The Morgan fingerprint density at radius 3 is 1.86 bits per heavy atom. The molecule has 4 aromatic carbocycles. The molecule has 0 fully saturated rings. The number of carbonyl (C=O) groups is 2. The molecule has 0 amide bonds. The van der Waals surface area contributed by atoms with E-state index in [0.717, 1.165) is 39.0 Å². The Kier molecular flexibility index (Phi) is 9.05. The van der Waals surface area contributed by atoms with Gasteiger partial charge in [0.25, 0.3) is 0 Å². The average Bonchev–Trinajstić information content (AvgIpc) is 3.52. The van der Waals surface area contributed by atoms with Crippen molar-refractivity contribution in [3.8, 4) is 0 Å². The van der Waals surface area contributed by atoms with Gasteiger partial charge >= 0.3 is 0 Å². The zero-order valence-corrected chi connectivity index (χ0v) is 28.0. The highest BCUT2D eigenvalue weighted by Gasteiger charge is 2.19. The highest BCUT2D eigenvalue weighted by molar-refractivity contribution is 6.11. The summed E-state index contributed by atoms with van der Waals surface area (Å²) in [6.07, 6.45) is 3.13. The number of aromatic amines is 1. The van der Waals surface area contributed by atoms with Crippen molar-refractivity contribution in [1.29, 1.82) is 0 Å². The minimum absolute atomic E-state index is 0.155. The summed E-state index contributed by atoms with van der Waals surface area (Å²) in [5.74, 6) is 0.195. The van der Waals surface area contributed by atoms with Crippen LogP contribution in [0.15, 0.2) is 118 Å². The molecule has 0 aliphatic heterocycles. The summed E-state index contributed by atoms with van der Waals surface area (Å²) in [5.41, 5.74) is 7.41. The number of benzene rings is 4. The second-order valence-electron chi connectivity index (χ2n) is 12.3. The van der Waals surface area contributed by atoms with Gasteiger partial charge in [-0.1, -0.05) is 53.7 Å². The fraction of sp³-hybridized carbons (Fsp3) is 0.146. The van der Waals surface area contributed by atoms with Gasteiger partial charge in [-0.25, -0.2) is 0 Å². The van der Waals surface area contributed by atoms with Crippen LogP contribution in [0.2, 0.25) is 0 Å². The number of rotatable bonds is 6. The maximum atomic E-state index is 13.1. The number of fused-ring (bicyclic) bond motifs is 2. The van der Waals surface area contributed by atoms with Gasteiger partial charge < -0.3 is 14.1 Å². The molecular formula is C41H35N3O5. The Balaban J connectivity index is 0.000000177. The number of para-hydroxylation sites is 2. The van der Waals surface area contributed by atoms with Gasteiger partial charge in [0, 0.05) is 45.9 Å². The van der Waals surface area contributed by atoms with Crippen LogP contribution in [0.1, 0.15) is 65.6 Å². The van der Waals surface area contributed by atoms with Crippen LogP contribution in [0.3, 0.4) is 0 Å². The molecule has 3 aromatic heterocycles. The zero-order chi connectivity index (χ0) is 34.8. The lowest BCUT2D eigenvalue weighted by Gasteiger charge is -2.12. The first-order chi connectivity index (χ1) is 23.5. The van der Waals surface area contributed by atoms with E-state index in [2.05, 4.69) is 10.1 Å². The molecule has 0 unspecified atom stereocenters. The molecule has 0 radical (unpaired) electrons. The van der Waals surface area contributed by atoms with Crippen LogP contribution >= 0.6 is 0 Å². The summed E-state index contributed by atoms with van der Waals surface area (Å²) >= 11 is 0. The van der Waals surface area contributed by atoms with E-state index in [-0.39, 0.29) is 33.6 Å². The molecule has 7 aromatic rings. The van der Waals surface area contributed by atoms with E-state index in [0.29, 0.717) is 34.2 Å². The van der Waals surface area contributed by atoms with E-state index in [1.807, 2.05) is 93.8 Å². The highest BCUT2D eigenvalue weighted by Crippen LogP contribution is 2.19. The molecule has 49 heavy (non-hydrogen) atoms. The number of aromatic nitrogens is 3. The predicted octanol–water partition coefficient (Wildman–Crippen LogP) is 7.57. The molecule has 244 valence electrons. The molecule has 0 aliphatic carbocycles. The SMILES string of the molecule is Cc1cc(Cn2cc(C(=O)c3ccc(C)c(C)c3)c(=O)c3ccccc32)no1.Cc1ccc(C(=O)c2c[nH]c3ccccc3c2=O)cc1C. The topological polar surface area (TPSA) is 115 Å². The van der Waals surface area contributed by atoms with Gasteiger partial charge in [0.1, 0.15) is 11.5 Å². The van der Waals surface area contributed by atoms with Gasteiger partial charge in [-0.05, 0) is 93.3 Å². The van der Waals surface area contributed by atoms with Crippen LogP contribution in [-0.4, -0.2) is 26.3 Å². The Morgan fingerprint density at radius 1 is 0.673 bits per heavy atom. The van der Waals surface area contributed by atoms with Crippen LogP contribution in [0.5, 0.6) is 0 Å². The molecule has 0 saturated heterocycles. The Hall–Kier alpha value is -6.15. The van der Waals surface area contributed by atoms with Crippen molar-refractivity contribution in [2.24, 2.45) is 0 Å². The number of ketones is 2. The second-order valence-corrected chi connectivity index (χ2v) is 12.3. The molecule has 0 atom stereocenters. The van der Waals surface area contributed by atoms with Crippen LogP contribution in [-0.2, 0) is 6.54 Å². The van der Waals surface area contributed by atoms with Gasteiger partial charge in [-0.15, -0.1) is 0 Å². The number of aryl methyl sites for hydroxylation is 5. The fourth-order valence-electron chi connectivity index (χ4n) is 5.72. The first-order valence-electron chi connectivity index (χ1n) is 15.9. The summed E-state index contributed by atoms with van der Waals surface area (Å²) in [7, 11) is 0. The second kappa shape index (κ2) is 13.5. The lowest BCUT2D eigenvalue weighted by molar-refractivity contribution is 0.102. The van der Waals surface area contributed by atoms with E-state index in [4.69, 9.17) is 4.52 Å². The van der Waals surface area contributed by atoms with Crippen LogP contribution in [0.4, 0.5) is 0 Å². The average molecular weight is 650 g/mol. The maximum Gasteiger partial charge on any atom is 0.200 e. The van der Waals surface area contributed by atoms with Crippen molar-refractivity contribution >= 4 is 33.4 Å². The molecule has 0 aliphatic rings. The predicted molar refractivity (Wildman–Crippen MR) is 192 cm³/mol. The Bertz CT molecular complexity index is 2520. The molecule has 0 spiro atoms. The minimum Gasteiger partial charge on any atom is -0.361 e. The van der Waals surface area contributed by atoms with Crippen molar-refractivity contribution in [2.45, 2.75) is 41.2 Å². The normalized spacial score (nSPS) is 11.0. The van der Waals surface area contributed by atoms with Crippen LogP contribution < -0.4 is 10.9 Å². The fourth-order valence-corrected chi connectivity index (χ4v) is 5.72. The molecule has 0 saturated carbocycles. The van der Waals surface area contributed by atoms with E-state index in [1.54, 1.807) is 42.6 Å². The lowest BCUT2D eigenvalue weighted by atomic mass is 9.99. The van der Waals surface area contributed by atoms with Gasteiger partial charge in [0.15, 0.2) is 11.6 Å². The minimum atomic E-state index is -0.274. The molecule has 8 nitrogen and oxygen atoms in total. The van der Waals surface area contributed by atoms with Crippen molar-refractivity contribution in [2.75, 3.05) is 0 Å². The van der Waals surface area contributed by atoms with E-state index >= 15 is 0 Å². The lowest BCUT2D eigenvalue weighted by Crippen LogP contribution is -2.20. The number of pyridine rings is 2. The number of hydrogen-bond acceptors (Lipinski definition) is 6. The summed E-state index contributed by atoms with van der Waals surface area (Å²) in [4.78, 5) is 54.2. The number of hydrogen-bond donors (Lipinski definition) is 1. The zero-order valence-electron chi connectivity index (χ0n) is 28.0. The van der Waals surface area contributed by atoms with Crippen LogP contribution in [0, 0.1) is 34.6 Å². The largest absolute Gasteiger partial charge is 0.361 e. The molecule has 3 heterocycles. The summed E-state index contributed by atoms with van der Waals surface area (Å²) in [6, 6.07) is 27.3. The number of nitrogens with zero attached hydrogens (tertiary/aromatic N) is 2. The first-order valence-corrected chi connectivity index (χ1v) is 15.9. The third-order valence-corrected chi connectivity index (χ3v) is 8.81. The summed E-state index contributed by atoms with van der Waals surface area (Å²) in [6.45, 7) is 10.1. The monoisotopic (exact) mass is 649 g/mol. The maximum absolute atomic E-state index is 13.1. The highest BCUT2D eigenvalue weighted by atomic mass is 16.5. The van der Waals surface area contributed by atoms with Gasteiger partial charge in [0.05, 0.1) is 23.2 Å². The molecule has 8 heteroatoms. The van der Waals surface area contributed by atoms with Gasteiger partial charge in [-0.3, -0.25) is 19.2 Å².